The molecule has 1 aliphatic heterocycles. The average molecular weight is 324 g/mol. The van der Waals surface area contributed by atoms with E-state index in [1.807, 2.05) is 11.3 Å². The van der Waals surface area contributed by atoms with Crippen LogP contribution in [0.5, 0.6) is 0 Å². The van der Waals surface area contributed by atoms with Crippen LogP contribution in [-0.2, 0) is 17.6 Å². The Balaban J connectivity index is 1.53. The van der Waals surface area contributed by atoms with Gasteiger partial charge in [-0.2, -0.15) is 0 Å². The van der Waals surface area contributed by atoms with E-state index >= 15 is 0 Å². The van der Waals surface area contributed by atoms with Crippen LogP contribution >= 0.6 is 11.3 Å². The standard InChI is InChI=1S/C17H29N3OS/c1-12(20-8-9-21-11-13(20)2)10-18-14(3)17-19-15-6-4-5-7-16(15)22-17/h12-14,18H,4-11H2,1-3H3/t12-,13+,14+/m1/s1. The summed E-state index contributed by atoms with van der Waals surface area (Å²) >= 11 is 1.92. The van der Waals surface area contributed by atoms with Crippen molar-refractivity contribution in [2.24, 2.45) is 0 Å². The van der Waals surface area contributed by atoms with Crippen molar-refractivity contribution in [3.8, 4) is 0 Å². The maximum Gasteiger partial charge on any atom is 0.110 e. The molecule has 2 aliphatic rings. The number of morpholine rings is 1. The Hall–Kier alpha value is -0.490. The van der Waals surface area contributed by atoms with Gasteiger partial charge in [-0.3, -0.25) is 4.90 Å². The van der Waals surface area contributed by atoms with Crippen molar-refractivity contribution in [3.63, 3.8) is 0 Å². The fraction of sp³-hybridized carbons (Fsp3) is 0.824. The third-order valence-corrected chi connectivity index (χ3v) is 6.28. The summed E-state index contributed by atoms with van der Waals surface area (Å²) in [6, 6.07) is 1.42. The van der Waals surface area contributed by atoms with E-state index in [-0.39, 0.29) is 0 Å². The maximum atomic E-state index is 5.53. The summed E-state index contributed by atoms with van der Waals surface area (Å²) in [5.74, 6) is 0. The largest absolute Gasteiger partial charge is 0.379 e. The molecule has 2 heterocycles. The average Bonchev–Trinajstić information content (AvgIpc) is 2.97. The van der Waals surface area contributed by atoms with E-state index in [0.29, 0.717) is 18.1 Å². The number of nitrogens with zero attached hydrogens (tertiary/aromatic N) is 2. The van der Waals surface area contributed by atoms with Crippen molar-refractivity contribution in [2.45, 2.75) is 64.6 Å². The molecule has 0 spiro atoms. The predicted octanol–water partition coefficient (Wildman–Crippen LogP) is 2.78. The first-order chi connectivity index (χ1) is 10.6. The molecule has 0 bridgehead atoms. The molecule has 1 N–H and O–H groups in total. The quantitative estimate of drug-likeness (QED) is 0.904. The lowest BCUT2D eigenvalue weighted by molar-refractivity contribution is -0.0184. The Kier molecular flexibility index (Phi) is 5.50. The van der Waals surface area contributed by atoms with Gasteiger partial charge in [0.25, 0.3) is 0 Å². The second-order valence-electron chi connectivity index (χ2n) is 6.77. The summed E-state index contributed by atoms with van der Waals surface area (Å²) in [4.78, 5) is 8.96. The Morgan fingerprint density at radius 3 is 2.95 bits per heavy atom. The fourth-order valence-corrected chi connectivity index (χ4v) is 4.68. The van der Waals surface area contributed by atoms with Crippen molar-refractivity contribution >= 4 is 11.3 Å². The van der Waals surface area contributed by atoms with Crippen LogP contribution < -0.4 is 5.32 Å². The van der Waals surface area contributed by atoms with Crippen molar-refractivity contribution in [1.82, 2.24) is 15.2 Å². The van der Waals surface area contributed by atoms with Crippen LogP contribution in [0.3, 0.4) is 0 Å². The lowest BCUT2D eigenvalue weighted by Gasteiger charge is -2.38. The Bertz CT molecular complexity index is 467. The number of hydrogen-bond donors (Lipinski definition) is 1. The number of ether oxygens (including phenoxy) is 1. The summed E-state index contributed by atoms with van der Waals surface area (Å²) < 4.78 is 5.53. The molecule has 3 rings (SSSR count). The van der Waals surface area contributed by atoms with Gasteiger partial charge in [-0.1, -0.05) is 0 Å². The molecule has 1 aromatic rings. The van der Waals surface area contributed by atoms with Crippen molar-refractivity contribution in [2.75, 3.05) is 26.3 Å². The highest BCUT2D eigenvalue weighted by atomic mass is 32.1. The van der Waals surface area contributed by atoms with Crippen LogP contribution in [0.1, 0.15) is 55.2 Å². The minimum Gasteiger partial charge on any atom is -0.379 e. The molecule has 1 aliphatic carbocycles. The van der Waals surface area contributed by atoms with Gasteiger partial charge in [-0.05, 0) is 46.5 Å². The molecule has 5 heteroatoms. The van der Waals surface area contributed by atoms with Crippen molar-refractivity contribution in [1.29, 1.82) is 0 Å². The molecule has 22 heavy (non-hydrogen) atoms. The minimum atomic E-state index is 0.356. The molecule has 0 unspecified atom stereocenters. The molecule has 0 amide bonds. The molecule has 1 saturated heterocycles. The topological polar surface area (TPSA) is 37.4 Å². The van der Waals surface area contributed by atoms with Gasteiger partial charge in [0, 0.05) is 30.1 Å². The summed E-state index contributed by atoms with van der Waals surface area (Å²) in [5.41, 5.74) is 1.37. The van der Waals surface area contributed by atoms with Gasteiger partial charge in [0.15, 0.2) is 0 Å². The smallest absolute Gasteiger partial charge is 0.110 e. The molecular weight excluding hydrogens is 294 g/mol. The summed E-state index contributed by atoms with van der Waals surface area (Å²) in [6.07, 6.45) is 5.06. The van der Waals surface area contributed by atoms with Crippen LogP contribution in [-0.4, -0.2) is 48.3 Å². The second-order valence-corrected chi connectivity index (χ2v) is 7.89. The van der Waals surface area contributed by atoms with E-state index in [9.17, 15) is 0 Å². The van der Waals surface area contributed by atoms with Crippen LogP contribution in [0.2, 0.25) is 0 Å². The number of aryl methyl sites for hydroxylation is 2. The van der Waals surface area contributed by atoms with Crippen LogP contribution in [0, 0.1) is 0 Å². The second kappa shape index (κ2) is 7.39. The molecule has 3 atom stereocenters. The van der Waals surface area contributed by atoms with Gasteiger partial charge in [0.2, 0.25) is 0 Å². The number of rotatable bonds is 5. The van der Waals surface area contributed by atoms with Crippen molar-refractivity contribution < 1.29 is 4.74 Å². The van der Waals surface area contributed by atoms with Gasteiger partial charge in [0.05, 0.1) is 24.9 Å². The number of fused-ring (bicyclic) bond motifs is 1. The van der Waals surface area contributed by atoms with E-state index < -0.39 is 0 Å². The Labute approximate surface area is 138 Å². The molecular formula is C17H29N3OS. The molecule has 124 valence electrons. The monoisotopic (exact) mass is 323 g/mol. The lowest BCUT2D eigenvalue weighted by atomic mass is 10.0. The van der Waals surface area contributed by atoms with E-state index in [2.05, 4.69) is 31.0 Å². The zero-order valence-electron chi connectivity index (χ0n) is 14.1. The van der Waals surface area contributed by atoms with Gasteiger partial charge >= 0.3 is 0 Å². The van der Waals surface area contributed by atoms with Crippen LogP contribution in [0.4, 0.5) is 0 Å². The molecule has 4 nitrogen and oxygen atoms in total. The number of thiazole rings is 1. The SMILES string of the molecule is C[C@H](NC[C@@H](C)N1CCOC[C@@H]1C)c1nc2c(s1)CCCC2. The minimum absolute atomic E-state index is 0.356. The summed E-state index contributed by atoms with van der Waals surface area (Å²) in [6.45, 7) is 10.6. The molecule has 0 saturated carbocycles. The van der Waals surface area contributed by atoms with Crippen LogP contribution in [0.25, 0.3) is 0 Å². The highest BCUT2D eigenvalue weighted by Crippen LogP contribution is 2.29. The normalized spacial score (nSPS) is 25.7. The van der Waals surface area contributed by atoms with E-state index in [1.54, 1.807) is 0 Å². The predicted molar refractivity (Wildman–Crippen MR) is 91.6 cm³/mol. The summed E-state index contributed by atoms with van der Waals surface area (Å²) in [7, 11) is 0. The van der Waals surface area contributed by atoms with Gasteiger partial charge in [0.1, 0.15) is 5.01 Å². The number of aromatic nitrogens is 1. The number of hydrogen-bond acceptors (Lipinski definition) is 5. The van der Waals surface area contributed by atoms with Gasteiger partial charge in [-0.25, -0.2) is 4.98 Å². The highest BCUT2D eigenvalue weighted by molar-refractivity contribution is 7.11. The third kappa shape index (κ3) is 3.70. The summed E-state index contributed by atoms with van der Waals surface area (Å²) in [5, 5.41) is 4.96. The van der Waals surface area contributed by atoms with E-state index in [4.69, 9.17) is 9.72 Å². The van der Waals surface area contributed by atoms with Gasteiger partial charge in [-0.15, -0.1) is 11.3 Å². The highest BCUT2D eigenvalue weighted by Gasteiger charge is 2.24. The first kappa shape index (κ1) is 16.4. The Morgan fingerprint density at radius 2 is 2.18 bits per heavy atom. The first-order valence-corrected chi connectivity index (χ1v) is 9.52. The van der Waals surface area contributed by atoms with Crippen molar-refractivity contribution in [3.05, 3.63) is 15.6 Å². The molecule has 0 radical (unpaired) electrons. The third-order valence-electron chi connectivity index (χ3n) is 4.94. The zero-order valence-corrected chi connectivity index (χ0v) is 14.9. The van der Waals surface area contributed by atoms with Gasteiger partial charge < -0.3 is 10.1 Å². The zero-order chi connectivity index (χ0) is 15.5. The molecule has 1 fully saturated rings. The molecule has 0 aromatic carbocycles. The van der Waals surface area contributed by atoms with E-state index in [0.717, 1.165) is 26.3 Å². The Morgan fingerprint density at radius 1 is 1.36 bits per heavy atom. The fourth-order valence-electron chi connectivity index (χ4n) is 3.50. The van der Waals surface area contributed by atoms with Crippen LogP contribution in [0.15, 0.2) is 0 Å². The lowest BCUT2D eigenvalue weighted by Crippen LogP contribution is -2.51. The molecule has 1 aromatic heterocycles. The first-order valence-electron chi connectivity index (χ1n) is 8.70. The van der Waals surface area contributed by atoms with E-state index in [1.165, 1.54) is 41.3 Å². The number of nitrogens with one attached hydrogen (secondary N) is 1. The maximum absolute atomic E-state index is 5.53.